The molecule has 96 valence electrons. The molecule has 6 heteroatoms. The summed E-state index contributed by atoms with van der Waals surface area (Å²) in [6.45, 7) is 5.07. The Morgan fingerprint density at radius 1 is 1.44 bits per heavy atom. The molecule has 0 aliphatic heterocycles. The normalized spacial score (nSPS) is 10.9. The smallest absolute Gasteiger partial charge is 0.244 e. The van der Waals surface area contributed by atoms with E-state index in [1.54, 1.807) is 4.68 Å². The lowest BCUT2D eigenvalue weighted by Crippen LogP contribution is -2.09. The molecule has 3 N–H and O–H groups in total. The van der Waals surface area contributed by atoms with Crippen LogP contribution in [0.5, 0.6) is 0 Å². The molecule has 2 rings (SSSR count). The predicted octanol–water partition coefficient (Wildman–Crippen LogP) is 2.68. The second kappa shape index (κ2) is 5.39. The highest BCUT2D eigenvalue weighted by Crippen LogP contribution is 2.18. The van der Waals surface area contributed by atoms with Gasteiger partial charge in [-0.1, -0.05) is 35.8 Å². The summed E-state index contributed by atoms with van der Waals surface area (Å²) in [4.78, 5) is 4.19. The fraction of sp³-hybridized carbons (Fsp3) is 0.333. The maximum Gasteiger partial charge on any atom is 0.244 e. The van der Waals surface area contributed by atoms with Gasteiger partial charge in [0.1, 0.15) is 0 Å². The lowest BCUT2D eigenvalue weighted by Gasteiger charge is -2.04. The first-order valence-corrected chi connectivity index (χ1v) is 6.58. The lowest BCUT2D eigenvalue weighted by molar-refractivity contribution is 0.684. The summed E-state index contributed by atoms with van der Waals surface area (Å²) in [5.41, 5.74) is 6.75. The summed E-state index contributed by atoms with van der Waals surface area (Å²) < 4.78 is 2.60. The Balaban J connectivity index is 2.24. The van der Waals surface area contributed by atoms with Gasteiger partial charge in [0.25, 0.3) is 0 Å². The molecule has 5 nitrogen and oxygen atoms in total. The largest absolute Gasteiger partial charge is 0.368 e. The second-order valence-corrected chi connectivity index (χ2v) is 5.38. The van der Waals surface area contributed by atoms with E-state index < -0.39 is 0 Å². The minimum Gasteiger partial charge on any atom is -0.368 e. The zero-order valence-corrected chi connectivity index (χ0v) is 12.0. The Bertz CT molecular complexity index is 535. The molecule has 0 saturated carbocycles. The number of hydrogen-bond donors (Lipinski definition) is 2. The Morgan fingerprint density at radius 2 is 2.22 bits per heavy atom. The highest BCUT2D eigenvalue weighted by atomic mass is 79.9. The molecule has 1 heterocycles. The molecular weight excluding hydrogens is 294 g/mol. The summed E-state index contributed by atoms with van der Waals surface area (Å²) in [5, 5.41) is 7.50. The van der Waals surface area contributed by atoms with Gasteiger partial charge in [-0.2, -0.15) is 9.67 Å². The molecule has 0 aliphatic carbocycles. The van der Waals surface area contributed by atoms with Gasteiger partial charge in [-0.25, -0.2) is 0 Å². The van der Waals surface area contributed by atoms with Gasteiger partial charge in [0, 0.05) is 11.0 Å². The Labute approximate surface area is 115 Å². The van der Waals surface area contributed by atoms with Crippen molar-refractivity contribution in [2.75, 3.05) is 17.6 Å². The number of nitrogen functional groups attached to an aromatic ring is 1. The highest BCUT2D eigenvalue weighted by Gasteiger charge is 2.08. The number of anilines is 2. The third kappa shape index (κ3) is 3.01. The summed E-state index contributed by atoms with van der Waals surface area (Å²) in [5.74, 6) is 1.46. The van der Waals surface area contributed by atoms with Gasteiger partial charge in [0.05, 0.1) is 5.69 Å². The Kier molecular flexibility index (Phi) is 3.86. The van der Waals surface area contributed by atoms with Crippen LogP contribution in [-0.2, 0) is 0 Å². The van der Waals surface area contributed by atoms with Crippen LogP contribution in [0.1, 0.15) is 13.8 Å². The minimum absolute atomic E-state index is 0.374. The molecule has 0 fully saturated rings. The van der Waals surface area contributed by atoms with Gasteiger partial charge in [-0.3, -0.25) is 0 Å². The van der Waals surface area contributed by atoms with Crippen LogP contribution >= 0.6 is 15.9 Å². The van der Waals surface area contributed by atoms with Crippen molar-refractivity contribution in [2.45, 2.75) is 13.8 Å². The van der Waals surface area contributed by atoms with Crippen molar-refractivity contribution in [3.05, 3.63) is 28.7 Å². The number of aromatic nitrogens is 3. The van der Waals surface area contributed by atoms with E-state index in [1.807, 2.05) is 24.3 Å². The number of halogens is 1. The number of rotatable bonds is 4. The van der Waals surface area contributed by atoms with E-state index in [9.17, 15) is 0 Å². The van der Waals surface area contributed by atoms with E-state index in [2.05, 4.69) is 45.2 Å². The van der Waals surface area contributed by atoms with Crippen LogP contribution in [0.15, 0.2) is 28.7 Å². The van der Waals surface area contributed by atoms with Crippen LogP contribution < -0.4 is 11.1 Å². The molecule has 1 aromatic heterocycles. The average Bonchev–Trinajstić information content (AvgIpc) is 2.68. The van der Waals surface area contributed by atoms with Crippen molar-refractivity contribution in [3.63, 3.8) is 0 Å². The number of nitrogens with one attached hydrogen (secondary N) is 1. The molecule has 0 spiro atoms. The molecule has 0 aliphatic rings. The van der Waals surface area contributed by atoms with Crippen molar-refractivity contribution < 1.29 is 0 Å². The number of benzene rings is 1. The highest BCUT2D eigenvalue weighted by molar-refractivity contribution is 9.10. The van der Waals surface area contributed by atoms with E-state index in [-0.39, 0.29) is 0 Å². The third-order valence-corrected chi connectivity index (χ3v) is 2.85. The molecule has 0 unspecified atom stereocenters. The van der Waals surface area contributed by atoms with Crippen LogP contribution in [0.4, 0.5) is 11.9 Å². The zero-order valence-electron chi connectivity index (χ0n) is 10.4. The fourth-order valence-corrected chi connectivity index (χ4v) is 1.88. The van der Waals surface area contributed by atoms with Crippen LogP contribution in [-0.4, -0.2) is 21.3 Å². The summed E-state index contributed by atoms with van der Waals surface area (Å²) in [6.07, 6.45) is 0. The topological polar surface area (TPSA) is 68.8 Å². The van der Waals surface area contributed by atoms with Crippen LogP contribution in [0, 0.1) is 5.92 Å². The summed E-state index contributed by atoms with van der Waals surface area (Å²) >= 11 is 3.42. The maximum absolute atomic E-state index is 5.86. The summed E-state index contributed by atoms with van der Waals surface area (Å²) in [7, 11) is 0. The van der Waals surface area contributed by atoms with E-state index in [0.717, 1.165) is 16.7 Å². The fourth-order valence-electron chi connectivity index (χ4n) is 1.49. The first-order valence-electron chi connectivity index (χ1n) is 5.78. The maximum atomic E-state index is 5.86. The average molecular weight is 310 g/mol. The molecule has 0 bridgehead atoms. The van der Waals surface area contributed by atoms with Crippen molar-refractivity contribution in [1.82, 2.24) is 14.8 Å². The zero-order chi connectivity index (χ0) is 13.1. The Hall–Kier alpha value is -1.56. The van der Waals surface area contributed by atoms with E-state index in [4.69, 9.17) is 5.73 Å². The van der Waals surface area contributed by atoms with E-state index in [1.165, 1.54) is 0 Å². The second-order valence-electron chi connectivity index (χ2n) is 4.46. The van der Waals surface area contributed by atoms with Crippen molar-refractivity contribution >= 4 is 27.8 Å². The monoisotopic (exact) mass is 309 g/mol. The molecule has 0 amide bonds. The molecular formula is C12H16BrN5. The van der Waals surface area contributed by atoms with E-state index in [0.29, 0.717) is 17.8 Å². The molecule has 0 saturated heterocycles. The minimum atomic E-state index is 0.374. The molecule has 2 aromatic rings. The van der Waals surface area contributed by atoms with Gasteiger partial charge in [0.2, 0.25) is 11.9 Å². The van der Waals surface area contributed by atoms with Crippen molar-refractivity contribution in [3.8, 4) is 5.69 Å². The first-order chi connectivity index (χ1) is 8.56. The first kappa shape index (κ1) is 12.9. The van der Waals surface area contributed by atoms with Crippen molar-refractivity contribution in [1.29, 1.82) is 0 Å². The number of nitrogens with two attached hydrogens (primary N) is 1. The summed E-state index contributed by atoms with van der Waals surface area (Å²) in [6, 6.07) is 7.76. The standard InChI is InChI=1S/C12H16BrN5/c1-8(2)7-15-12-16-11(14)18(17-12)10-5-3-4-9(13)6-10/h3-6,8H,7H2,1-2H3,(H3,14,15,16,17). The van der Waals surface area contributed by atoms with Gasteiger partial charge in [-0.15, -0.1) is 5.10 Å². The third-order valence-electron chi connectivity index (χ3n) is 2.35. The van der Waals surface area contributed by atoms with Crippen LogP contribution in [0.25, 0.3) is 5.69 Å². The van der Waals surface area contributed by atoms with Gasteiger partial charge in [0.15, 0.2) is 0 Å². The number of hydrogen-bond acceptors (Lipinski definition) is 4. The molecule has 0 atom stereocenters. The molecule has 18 heavy (non-hydrogen) atoms. The SMILES string of the molecule is CC(C)CNc1nc(N)n(-c2cccc(Br)c2)n1. The molecule has 0 radical (unpaired) electrons. The van der Waals surface area contributed by atoms with E-state index >= 15 is 0 Å². The van der Waals surface area contributed by atoms with Crippen LogP contribution in [0.2, 0.25) is 0 Å². The quantitative estimate of drug-likeness (QED) is 0.911. The number of nitrogens with zero attached hydrogens (tertiary/aromatic N) is 3. The predicted molar refractivity (Wildman–Crippen MR) is 76.8 cm³/mol. The van der Waals surface area contributed by atoms with Crippen molar-refractivity contribution in [2.24, 2.45) is 5.92 Å². The Morgan fingerprint density at radius 3 is 2.89 bits per heavy atom. The van der Waals surface area contributed by atoms with Gasteiger partial charge in [-0.05, 0) is 24.1 Å². The van der Waals surface area contributed by atoms with Gasteiger partial charge < -0.3 is 11.1 Å². The lowest BCUT2D eigenvalue weighted by atomic mass is 10.2. The van der Waals surface area contributed by atoms with Gasteiger partial charge >= 0.3 is 0 Å². The van der Waals surface area contributed by atoms with Crippen LogP contribution in [0.3, 0.4) is 0 Å². The molecule has 1 aromatic carbocycles.